The maximum atomic E-state index is 12.5. The van der Waals surface area contributed by atoms with Gasteiger partial charge in [0.05, 0.1) is 12.5 Å². The molecule has 3 atom stereocenters. The number of carbonyl (C=O) groups is 3. The first kappa shape index (κ1) is 22.8. The number of aliphatic carboxylic acids is 1. The summed E-state index contributed by atoms with van der Waals surface area (Å²) in [6.45, 7) is 0.402. The fourth-order valence-corrected chi connectivity index (χ4v) is 4.77. The van der Waals surface area contributed by atoms with Crippen LogP contribution in [-0.2, 0) is 14.3 Å². The van der Waals surface area contributed by atoms with Gasteiger partial charge in [-0.1, -0.05) is 48.5 Å². The molecule has 8 heteroatoms. The molecule has 1 fully saturated rings. The van der Waals surface area contributed by atoms with Gasteiger partial charge in [-0.25, -0.2) is 4.79 Å². The number of hydrogen-bond donors (Lipinski definition) is 4. The Balaban J connectivity index is 1.36. The first-order chi connectivity index (χ1) is 15.9. The molecule has 33 heavy (non-hydrogen) atoms. The van der Waals surface area contributed by atoms with Crippen molar-refractivity contribution in [3.05, 3.63) is 59.7 Å². The highest BCUT2D eigenvalue weighted by molar-refractivity contribution is 5.89. The molecule has 3 unspecified atom stereocenters. The van der Waals surface area contributed by atoms with E-state index in [-0.39, 0.29) is 24.5 Å². The number of alkyl carbamates (subject to hydrolysis) is 1. The molecule has 0 aliphatic heterocycles. The highest BCUT2D eigenvalue weighted by Gasteiger charge is 2.31. The number of carboxylic acids is 1. The number of carboxylic acid groups (broad SMARTS) is 1. The van der Waals surface area contributed by atoms with Crippen molar-refractivity contribution in [2.75, 3.05) is 13.2 Å². The second-order valence-corrected chi connectivity index (χ2v) is 8.70. The third-order valence-electron chi connectivity index (χ3n) is 6.41. The van der Waals surface area contributed by atoms with E-state index in [1.807, 2.05) is 48.5 Å². The number of hydrogen-bond acceptors (Lipinski definition) is 5. The molecule has 2 aromatic carbocycles. The molecule has 174 valence electrons. The van der Waals surface area contributed by atoms with Crippen molar-refractivity contribution < 1.29 is 29.3 Å². The van der Waals surface area contributed by atoms with Gasteiger partial charge in [-0.05, 0) is 47.4 Å². The largest absolute Gasteiger partial charge is 0.481 e. The van der Waals surface area contributed by atoms with Crippen LogP contribution in [0.15, 0.2) is 48.5 Å². The van der Waals surface area contributed by atoms with E-state index in [1.54, 1.807) is 0 Å². The van der Waals surface area contributed by atoms with Crippen molar-refractivity contribution >= 4 is 18.0 Å². The summed E-state index contributed by atoms with van der Waals surface area (Å²) in [7, 11) is 0. The Morgan fingerprint density at radius 3 is 2.21 bits per heavy atom. The van der Waals surface area contributed by atoms with E-state index in [0.717, 1.165) is 28.7 Å². The van der Waals surface area contributed by atoms with Crippen LogP contribution in [0, 0.1) is 5.92 Å². The van der Waals surface area contributed by atoms with Crippen molar-refractivity contribution in [3.63, 3.8) is 0 Å². The van der Waals surface area contributed by atoms with Crippen molar-refractivity contribution in [3.8, 4) is 11.1 Å². The molecule has 4 rings (SSSR count). The van der Waals surface area contributed by atoms with Crippen LogP contribution in [0.25, 0.3) is 11.1 Å². The lowest BCUT2D eigenvalue weighted by Crippen LogP contribution is -2.49. The summed E-state index contributed by atoms with van der Waals surface area (Å²) in [5, 5.41) is 23.9. The van der Waals surface area contributed by atoms with E-state index in [0.29, 0.717) is 19.4 Å². The summed E-state index contributed by atoms with van der Waals surface area (Å²) in [5.41, 5.74) is 4.32. The van der Waals surface area contributed by atoms with Crippen LogP contribution in [0.5, 0.6) is 0 Å². The molecule has 2 aliphatic carbocycles. The van der Waals surface area contributed by atoms with Crippen molar-refractivity contribution in [2.45, 2.75) is 43.7 Å². The van der Waals surface area contributed by atoms with E-state index in [4.69, 9.17) is 4.74 Å². The van der Waals surface area contributed by atoms with Gasteiger partial charge in [0, 0.05) is 12.5 Å². The zero-order valence-corrected chi connectivity index (χ0v) is 18.2. The van der Waals surface area contributed by atoms with Crippen molar-refractivity contribution in [2.24, 2.45) is 5.92 Å². The fraction of sp³-hybridized carbons (Fsp3) is 0.400. The molecule has 2 amide bonds. The number of ether oxygens (including phenoxy) is 1. The lowest BCUT2D eigenvalue weighted by Gasteiger charge is -2.19. The quantitative estimate of drug-likeness (QED) is 0.488. The number of aliphatic hydroxyl groups is 1. The van der Waals surface area contributed by atoms with E-state index in [1.165, 1.54) is 0 Å². The lowest BCUT2D eigenvalue weighted by atomic mass is 9.98. The fourth-order valence-electron chi connectivity index (χ4n) is 4.77. The number of benzene rings is 2. The number of rotatable bonds is 8. The summed E-state index contributed by atoms with van der Waals surface area (Å²) in [4.78, 5) is 36.3. The number of fused-ring (bicyclic) bond motifs is 3. The number of nitrogens with one attached hydrogen (secondary N) is 2. The van der Waals surface area contributed by atoms with E-state index in [2.05, 4.69) is 10.6 Å². The van der Waals surface area contributed by atoms with Gasteiger partial charge in [0.25, 0.3) is 0 Å². The second kappa shape index (κ2) is 10.0. The van der Waals surface area contributed by atoms with Gasteiger partial charge in [-0.15, -0.1) is 0 Å². The molecule has 8 nitrogen and oxygen atoms in total. The van der Waals surface area contributed by atoms with E-state index >= 15 is 0 Å². The van der Waals surface area contributed by atoms with Gasteiger partial charge in [0.1, 0.15) is 12.6 Å². The number of amides is 2. The molecule has 2 aromatic rings. The summed E-state index contributed by atoms with van der Waals surface area (Å²) < 4.78 is 5.44. The van der Waals surface area contributed by atoms with Crippen LogP contribution in [0.4, 0.5) is 4.79 Å². The zero-order valence-electron chi connectivity index (χ0n) is 18.2. The Morgan fingerprint density at radius 2 is 1.64 bits per heavy atom. The maximum absolute atomic E-state index is 12.5. The third kappa shape index (κ3) is 5.34. The highest BCUT2D eigenvalue weighted by atomic mass is 16.5. The Bertz CT molecular complexity index is 994. The van der Waals surface area contributed by atoms with Crippen LogP contribution in [0.1, 0.15) is 42.7 Å². The normalized spacial score (nSPS) is 19.9. The summed E-state index contributed by atoms with van der Waals surface area (Å²) in [5.74, 6) is -1.77. The van der Waals surface area contributed by atoms with Gasteiger partial charge in [-0.3, -0.25) is 9.59 Å². The molecule has 2 aliphatic rings. The van der Waals surface area contributed by atoms with E-state index in [9.17, 15) is 24.6 Å². The molecule has 0 spiro atoms. The van der Waals surface area contributed by atoms with Crippen LogP contribution < -0.4 is 10.6 Å². The standard InChI is InChI=1S/C25H28N2O6/c28-16-10-9-15(11-16)13-26-24(31)22(12-23(29)30)27-25(32)33-14-21-19-7-3-1-5-17(19)18-6-2-4-8-20(18)21/h1-8,15-16,21-22,28H,9-14H2,(H,26,31)(H,27,32)(H,29,30). The average molecular weight is 453 g/mol. The van der Waals surface area contributed by atoms with Gasteiger partial charge in [0.15, 0.2) is 0 Å². The SMILES string of the molecule is O=C(O)CC(NC(=O)OCC1c2ccccc2-c2ccccc21)C(=O)NCC1CCC(O)C1. The van der Waals surface area contributed by atoms with Crippen LogP contribution >= 0.6 is 0 Å². The first-order valence-corrected chi connectivity index (χ1v) is 11.2. The smallest absolute Gasteiger partial charge is 0.407 e. The van der Waals surface area contributed by atoms with Gasteiger partial charge >= 0.3 is 12.1 Å². The Kier molecular flexibility index (Phi) is 6.93. The molecule has 0 aromatic heterocycles. The van der Waals surface area contributed by atoms with Crippen LogP contribution in [0.3, 0.4) is 0 Å². The predicted octanol–water partition coefficient (Wildman–Crippen LogP) is 2.65. The van der Waals surface area contributed by atoms with Gasteiger partial charge < -0.3 is 25.6 Å². The molecule has 0 bridgehead atoms. The lowest BCUT2D eigenvalue weighted by molar-refractivity contribution is -0.139. The minimum absolute atomic E-state index is 0.0707. The van der Waals surface area contributed by atoms with E-state index < -0.39 is 30.4 Å². The van der Waals surface area contributed by atoms with Crippen molar-refractivity contribution in [1.29, 1.82) is 0 Å². The minimum Gasteiger partial charge on any atom is -0.481 e. The Hall–Kier alpha value is -3.39. The minimum atomic E-state index is -1.25. The molecular formula is C25H28N2O6. The third-order valence-corrected chi connectivity index (χ3v) is 6.41. The zero-order chi connectivity index (χ0) is 23.4. The average Bonchev–Trinajstić information content (AvgIpc) is 3.36. The van der Waals surface area contributed by atoms with Gasteiger partial charge in [0.2, 0.25) is 5.91 Å². The molecule has 0 heterocycles. The molecule has 0 saturated heterocycles. The number of aliphatic hydroxyl groups excluding tert-OH is 1. The molecule has 0 radical (unpaired) electrons. The summed E-state index contributed by atoms with van der Waals surface area (Å²) >= 11 is 0. The van der Waals surface area contributed by atoms with Crippen LogP contribution in [-0.4, -0.2) is 53.5 Å². The Labute approximate surface area is 192 Å². The maximum Gasteiger partial charge on any atom is 0.407 e. The monoisotopic (exact) mass is 452 g/mol. The first-order valence-electron chi connectivity index (χ1n) is 11.2. The summed E-state index contributed by atoms with van der Waals surface area (Å²) in [6, 6.07) is 14.6. The Morgan fingerprint density at radius 1 is 1.00 bits per heavy atom. The number of carbonyl (C=O) groups excluding carboxylic acids is 2. The van der Waals surface area contributed by atoms with Crippen molar-refractivity contribution in [1.82, 2.24) is 10.6 Å². The molecule has 4 N–H and O–H groups in total. The topological polar surface area (TPSA) is 125 Å². The molecule has 1 saturated carbocycles. The predicted molar refractivity (Wildman–Crippen MR) is 121 cm³/mol. The second-order valence-electron chi connectivity index (χ2n) is 8.70. The summed E-state index contributed by atoms with van der Waals surface area (Å²) in [6.07, 6.45) is 0.338. The highest BCUT2D eigenvalue weighted by Crippen LogP contribution is 2.44. The molecular weight excluding hydrogens is 424 g/mol. The van der Waals surface area contributed by atoms with Crippen LogP contribution in [0.2, 0.25) is 0 Å². The van der Waals surface area contributed by atoms with Gasteiger partial charge in [-0.2, -0.15) is 0 Å².